The Morgan fingerprint density at radius 3 is 2.58 bits per heavy atom. The molecule has 3 amide bonds. The lowest BCUT2D eigenvalue weighted by molar-refractivity contribution is -0.127. The van der Waals surface area contributed by atoms with Crippen LogP contribution in [0.25, 0.3) is 0 Å². The second-order valence-electron chi connectivity index (χ2n) is 7.14. The van der Waals surface area contributed by atoms with E-state index in [1.54, 1.807) is 6.07 Å². The third-order valence-electron chi connectivity index (χ3n) is 4.70. The summed E-state index contributed by atoms with van der Waals surface area (Å²) in [7, 11) is 0. The third kappa shape index (κ3) is 5.31. The fourth-order valence-electron chi connectivity index (χ4n) is 3.11. The molecule has 1 aliphatic heterocycles. The minimum Gasteiger partial charge on any atom is -0.354 e. The Labute approximate surface area is 155 Å². The zero-order valence-electron chi connectivity index (χ0n) is 15.9. The molecular formula is C20H29N3O3. The number of benzene rings is 1. The highest BCUT2D eigenvalue weighted by Crippen LogP contribution is 2.10. The van der Waals surface area contributed by atoms with Crippen molar-refractivity contribution in [3.63, 3.8) is 0 Å². The molecule has 1 atom stereocenters. The SMILES string of the molecule is Cc1ccccc1C(=O)N[C@@H](C(=O)NCCCN1CCCC1=O)C(C)C. The van der Waals surface area contributed by atoms with E-state index in [1.165, 1.54) is 0 Å². The Kier molecular flexibility index (Phi) is 7.18. The molecule has 2 rings (SSSR count). The second-order valence-corrected chi connectivity index (χ2v) is 7.14. The Balaban J connectivity index is 1.84. The van der Waals surface area contributed by atoms with Crippen LogP contribution < -0.4 is 10.6 Å². The topological polar surface area (TPSA) is 78.5 Å². The summed E-state index contributed by atoms with van der Waals surface area (Å²) in [5.74, 6) is -0.251. The number of amides is 3. The van der Waals surface area contributed by atoms with Gasteiger partial charge >= 0.3 is 0 Å². The van der Waals surface area contributed by atoms with Gasteiger partial charge in [-0.15, -0.1) is 0 Å². The van der Waals surface area contributed by atoms with Gasteiger partial charge in [0.15, 0.2) is 0 Å². The van der Waals surface area contributed by atoms with E-state index in [2.05, 4.69) is 10.6 Å². The van der Waals surface area contributed by atoms with Crippen molar-refractivity contribution in [2.45, 2.75) is 46.1 Å². The molecule has 1 saturated heterocycles. The fourth-order valence-corrected chi connectivity index (χ4v) is 3.11. The van der Waals surface area contributed by atoms with Gasteiger partial charge in [0.25, 0.3) is 5.91 Å². The summed E-state index contributed by atoms with van der Waals surface area (Å²) in [6.07, 6.45) is 2.27. The standard InChI is InChI=1S/C20H29N3O3/c1-14(2)18(22-19(25)16-9-5-4-8-15(16)3)20(26)21-11-7-13-23-12-6-10-17(23)24/h4-5,8-9,14,18H,6-7,10-13H2,1-3H3,(H,21,26)(H,22,25)/t18-/m1/s1. The Hall–Kier alpha value is -2.37. The molecular weight excluding hydrogens is 330 g/mol. The summed E-state index contributed by atoms with van der Waals surface area (Å²) in [5.41, 5.74) is 1.46. The minimum absolute atomic E-state index is 0.0249. The number of likely N-dealkylation sites (tertiary alicyclic amines) is 1. The molecule has 1 aromatic carbocycles. The van der Waals surface area contributed by atoms with Crippen LogP contribution in [0.1, 0.15) is 49.0 Å². The molecule has 1 heterocycles. The number of hydrogen-bond acceptors (Lipinski definition) is 3. The fraction of sp³-hybridized carbons (Fsp3) is 0.550. The van der Waals surface area contributed by atoms with Gasteiger partial charge in [0, 0.05) is 31.6 Å². The molecule has 0 bridgehead atoms. The summed E-state index contributed by atoms with van der Waals surface area (Å²) >= 11 is 0. The highest BCUT2D eigenvalue weighted by atomic mass is 16.2. The van der Waals surface area contributed by atoms with Crippen LogP contribution in [0.5, 0.6) is 0 Å². The molecule has 0 saturated carbocycles. The first-order valence-electron chi connectivity index (χ1n) is 9.32. The lowest BCUT2D eigenvalue weighted by Gasteiger charge is -2.22. The molecule has 1 aliphatic rings. The molecule has 0 aromatic heterocycles. The smallest absolute Gasteiger partial charge is 0.252 e. The van der Waals surface area contributed by atoms with Crippen LogP contribution in [0.15, 0.2) is 24.3 Å². The maximum absolute atomic E-state index is 12.5. The van der Waals surface area contributed by atoms with E-state index < -0.39 is 6.04 Å². The number of rotatable bonds is 8. The molecule has 0 radical (unpaired) electrons. The molecule has 6 heteroatoms. The predicted octanol–water partition coefficient (Wildman–Crippen LogP) is 1.88. The zero-order chi connectivity index (χ0) is 19.1. The number of nitrogens with one attached hydrogen (secondary N) is 2. The van der Waals surface area contributed by atoms with Gasteiger partial charge in [-0.25, -0.2) is 0 Å². The lowest BCUT2D eigenvalue weighted by atomic mass is 10.0. The van der Waals surface area contributed by atoms with E-state index in [4.69, 9.17) is 0 Å². The van der Waals surface area contributed by atoms with Gasteiger partial charge in [-0.3, -0.25) is 14.4 Å². The molecule has 6 nitrogen and oxygen atoms in total. The maximum atomic E-state index is 12.5. The highest BCUT2D eigenvalue weighted by Gasteiger charge is 2.25. The first kappa shape index (κ1) is 19.9. The number of aryl methyl sites for hydroxylation is 1. The van der Waals surface area contributed by atoms with Crippen LogP contribution in [0, 0.1) is 12.8 Å². The van der Waals surface area contributed by atoms with Crippen molar-refractivity contribution in [1.82, 2.24) is 15.5 Å². The van der Waals surface area contributed by atoms with E-state index in [0.717, 1.165) is 18.5 Å². The summed E-state index contributed by atoms with van der Waals surface area (Å²) in [5, 5.41) is 5.73. The van der Waals surface area contributed by atoms with Crippen LogP contribution in [0.4, 0.5) is 0 Å². The second kappa shape index (κ2) is 9.36. The van der Waals surface area contributed by atoms with Gasteiger partial charge in [-0.05, 0) is 37.3 Å². The monoisotopic (exact) mass is 359 g/mol. The maximum Gasteiger partial charge on any atom is 0.252 e. The van der Waals surface area contributed by atoms with Crippen molar-refractivity contribution in [3.8, 4) is 0 Å². The van der Waals surface area contributed by atoms with Crippen molar-refractivity contribution in [2.24, 2.45) is 5.92 Å². The van der Waals surface area contributed by atoms with Crippen molar-refractivity contribution in [1.29, 1.82) is 0 Å². The van der Waals surface area contributed by atoms with E-state index in [0.29, 0.717) is 31.5 Å². The van der Waals surface area contributed by atoms with E-state index >= 15 is 0 Å². The van der Waals surface area contributed by atoms with Gasteiger partial charge in [0.05, 0.1) is 0 Å². The molecule has 142 valence electrons. The molecule has 0 aliphatic carbocycles. The average Bonchev–Trinajstić information content (AvgIpc) is 3.01. The summed E-state index contributed by atoms with van der Waals surface area (Å²) in [6.45, 7) is 7.66. The Bertz CT molecular complexity index is 657. The first-order chi connectivity index (χ1) is 12.4. The Morgan fingerprint density at radius 1 is 1.23 bits per heavy atom. The number of nitrogens with zero attached hydrogens (tertiary/aromatic N) is 1. The van der Waals surface area contributed by atoms with Gasteiger partial charge < -0.3 is 15.5 Å². The summed E-state index contributed by atoms with van der Waals surface area (Å²) in [4.78, 5) is 38.4. The normalized spacial score (nSPS) is 15.2. The number of hydrogen-bond donors (Lipinski definition) is 2. The molecule has 1 aromatic rings. The van der Waals surface area contributed by atoms with Gasteiger partial charge in [0.1, 0.15) is 6.04 Å². The van der Waals surface area contributed by atoms with Crippen molar-refractivity contribution in [3.05, 3.63) is 35.4 Å². The predicted molar refractivity (Wildman–Crippen MR) is 101 cm³/mol. The lowest BCUT2D eigenvalue weighted by Crippen LogP contribution is -2.50. The number of carbonyl (C=O) groups is 3. The van der Waals surface area contributed by atoms with Gasteiger partial charge in [-0.1, -0.05) is 32.0 Å². The van der Waals surface area contributed by atoms with Crippen LogP contribution in [-0.4, -0.2) is 48.3 Å². The summed E-state index contributed by atoms with van der Waals surface area (Å²) < 4.78 is 0. The quantitative estimate of drug-likeness (QED) is 0.696. The number of carbonyl (C=O) groups excluding carboxylic acids is 3. The average molecular weight is 359 g/mol. The summed E-state index contributed by atoms with van der Waals surface area (Å²) in [6, 6.07) is 6.73. The first-order valence-corrected chi connectivity index (χ1v) is 9.32. The Morgan fingerprint density at radius 2 is 1.96 bits per heavy atom. The highest BCUT2D eigenvalue weighted by molar-refractivity contribution is 5.98. The van der Waals surface area contributed by atoms with Crippen molar-refractivity contribution < 1.29 is 14.4 Å². The molecule has 26 heavy (non-hydrogen) atoms. The third-order valence-corrected chi connectivity index (χ3v) is 4.70. The van der Waals surface area contributed by atoms with Gasteiger partial charge in [-0.2, -0.15) is 0 Å². The zero-order valence-corrected chi connectivity index (χ0v) is 15.9. The molecule has 2 N–H and O–H groups in total. The molecule has 1 fully saturated rings. The van der Waals surface area contributed by atoms with E-state index in [-0.39, 0.29) is 23.6 Å². The minimum atomic E-state index is -0.587. The van der Waals surface area contributed by atoms with E-state index in [1.807, 2.05) is 43.9 Å². The molecule has 0 unspecified atom stereocenters. The largest absolute Gasteiger partial charge is 0.354 e. The van der Waals surface area contributed by atoms with Crippen LogP contribution in [0.3, 0.4) is 0 Å². The van der Waals surface area contributed by atoms with Crippen LogP contribution in [0.2, 0.25) is 0 Å². The van der Waals surface area contributed by atoms with Crippen molar-refractivity contribution in [2.75, 3.05) is 19.6 Å². The van der Waals surface area contributed by atoms with Crippen LogP contribution >= 0.6 is 0 Å². The van der Waals surface area contributed by atoms with E-state index in [9.17, 15) is 14.4 Å². The van der Waals surface area contributed by atoms with Crippen LogP contribution in [-0.2, 0) is 9.59 Å². The van der Waals surface area contributed by atoms with Crippen molar-refractivity contribution >= 4 is 17.7 Å². The molecule has 0 spiro atoms. The van der Waals surface area contributed by atoms with Gasteiger partial charge in [0.2, 0.25) is 11.8 Å².